The molecule has 1 rings (SSSR count). The lowest BCUT2D eigenvalue weighted by Gasteiger charge is -2.11. The van der Waals surface area contributed by atoms with Crippen molar-refractivity contribution in [3.05, 3.63) is 27.3 Å². The number of rotatable bonds is 4. The second-order valence-corrected chi connectivity index (χ2v) is 4.58. The molecule has 0 saturated heterocycles. The zero-order valence-corrected chi connectivity index (χ0v) is 11.3. The number of benzene rings is 1. The fraction of sp³-hybridized carbons (Fsp3) is 0.364. The van der Waals surface area contributed by atoms with Crippen molar-refractivity contribution in [1.29, 1.82) is 0 Å². The molecule has 0 aliphatic rings. The van der Waals surface area contributed by atoms with E-state index in [1.165, 1.54) is 6.07 Å². The molecule has 0 fully saturated rings. The number of phenolic OH excluding ortho intramolecular Hbond substituents is 1. The lowest BCUT2D eigenvalue weighted by Crippen LogP contribution is -2.31. The Bertz CT molecular complexity index is 381. The Balaban J connectivity index is 2.63. The minimum absolute atomic E-state index is 0.0265. The molecule has 0 bridgehead atoms. The molecular weight excluding hydrogens is 321 g/mol. The maximum Gasteiger partial charge on any atom is 0.251 e. The number of phenols is 1. The van der Waals surface area contributed by atoms with Crippen molar-refractivity contribution < 1.29 is 14.6 Å². The third-order valence-electron chi connectivity index (χ3n) is 2.16. The third-order valence-corrected chi connectivity index (χ3v) is 3.07. The molecule has 88 valence electrons. The van der Waals surface area contributed by atoms with Gasteiger partial charge in [-0.25, -0.2) is 0 Å². The van der Waals surface area contributed by atoms with Gasteiger partial charge in [0.2, 0.25) is 0 Å². The monoisotopic (exact) mass is 335 g/mol. The van der Waals surface area contributed by atoms with Crippen LogP contribution < -0.4 is 5.32 Å². The van der Waals surface area contributed by atoms with Crippen molar-refractivity contribution in [2.75, 3.05) is 13.7 Å². The minimum atomic E-state index is -0.212. The number of methoxy groups -OCH3 is 1. The van der Waals surface area contributed by atoms with Crippen LogP contribution in [0.2, 0.25) is 0 Å². The van der Waals surface area contributed by atoms with E-state index in [0.717, 1.165) is 3.57 Å². The summed E-state index contributed by atoms with van der Waals surface area (Å²) in [7, 11) is 1.59. The van der Waals surface area contributed by atoms with Crippen molar-refractivity contribution in [2.45, 2.75) is 13.0 Å². The Morgan fingerprint density at radius 1 is 1.62 bits per heavy atom. The molecule has 0 aromatic heterocycles. The van der Waals surface area contributed by atoms with Crippen LogP contribution in [0.1, 0.15) is 17.3 Å². The molecule has 16 heavy (non-hydrogen) atoms. The summed E-state index contributed by atoms with van der Waals surface area (Å²) in [5.74, 6) is -0.0939. The zero-order valence-electron chi connectivity index (χ0n) is 9.16. The molecule has 1 amide bonds. The van der Waals surface area contributed by atoms with Crippen LogP contribution in [0.5, 0.6) is 5.75 Å². The lowest BCUT2D eigenvalue weighted by molar-refractivity contribution is 0.0870. The van der Waals surface area contributed by atoms with Gasteiger partial charge in [0.05, 0.1) is 9.67 Å². The van der Waals surface area contributed by atoms with E-state index in [1.807, 2.05) is 29.5 Å². The van der Waals surface area contributed by atoms with E-state index in [4.69, 9.17) is 4.74 Å². The van der Waals surface area contributed by atoms with Crippen molar-refractivity contribution in [2.24, 2.45) is 0 Å². The quantitative estimate of drug-likeness (QED) is 0.825. The van der Waals surface area contributed by atoms with Crippen LogP contribution in [-0.2, 0) is 4.74 Å². The first-order chi connectivity index (χ1) is 7.54. The van der Waals surface area contributed by atoms with Gasteiger partial charge in [-0.3, -0.25) is 4.79 Å². The van der Waals surface area contributed by atoms with Crippen LogP contribution in [0.3, 0.4) is 0 Å². The van der Waals surface area contributed by atoms with E-state index in [-0.39, 0.29) is 17.8 Å². The van der Waals surface area contributed by atoms with E-state index in [2.05, 4.69) is 5.32 Å². The topological polar surface area (TPSA) is 58.6 Å². The van der Waals surface area contributed by atoms with Crippen molar-refractivity contribution >= 4 is 28.5 Å². The van der Waals surface area contributed by atoms with Crippen LogP contribution in [-0.4, -0.2) is 30.8 Å². The Kier molecular flexibility index (Phi) is 5.01. The molecular formula is C11H14INO3. The number of hydrogen-bond acceptors (Lipinski definition) is 3. The molecule has 0 heterocycles. The van der Waals surface area contributed by atoms with E-state index in [1.54, 1.807) is 19.2 Å². The predicted molar refractivity (Wildman–Crippen MR) is 69.6 cm³/mol. The van der Waals surface area contributed by atoms with Crippen LogP contribution in [0.15, 0.2) is 18.2 Å². The SMILES string of the molecule is COC(C)CNC(=O)c1ccc(I)c(O)c1. The number of carbonyl (C=O) groups excluding carboxylic acids is 1. The summed E-state index contributed by atoms with van der Waals surface area (Å²) in [5, 5.41) is 12.2. The van der Waals surface area contributed by atoms with E-state index >= 15 is 0 Å². The van der Waals surface area contributed by atoms with Gasteiger partial charge in [-0.15, -0.1) is 0 Å². The minimum Gasteiger partial charge on any atom is -0.507 e. The van der Waals surface area contributed by atoms with Gasteiger partial charge in [0.15, 0.2) is 0 Å². The first-order valence-corrected chi connectivity index (χ1v) is 5.92. The molecule has 1 aromatic rings. The second kappa shape index (κ2) is 6.05. The highest BCUT2D eigenvalue weighted by Gasteiger charge is 2.09. The molecule has 0 spiro atoms. The summed E-state index contributed by atoms with van der Waals surface area (Å²) in [6.07, 6.45) is -0.0265. The van der Waals surface area contributed by atoms with E-state index in [9.17, 15) is 9.90 Å². The fourth-order valence-electron chi connectivity index (χ4n) is 1.08. The fourth-order valence-corrected chi connectivity index (χ4v) is 1.41. The highest BCUT2D eigenvalue weighted by molar-refractivity contribution is 14.1. The number of nitrogens with one attached hydrogen (secondary N) is 1. The zero-order chi connectivity index (χ0) is 12.1. The van der Waals surface area contributed by atoms with Crippen LogP contribution >= 0.6 is 22.6 Å². The molecule has 1 atom stereocenters. The van der Waals surface area contributed by atoms with Gasteiger partial charge in [0, 0.05) is 19.2 Å². The lowest BCUT2D eigenvalue weighted by atomic mass is 10.2. The first kappa shape index (κ1) is 13.2. The Morgan fingerprint density at radius 3 is 2.88 bits per heavy atom. The molecule has 1 aromatic carbocycles. The van der Waals surface area contributed by atoms with Crippen molar-refractivity contribution in [3.8, 4) is 5.75 Å². The molecule has 4 nitrogen and oxygen atoms in total. The van der Waals surface area contributed by atoms with E-state index in [0.29, 0.717) is 12.1 Å². The largest absolute Gasteiger partial charge is 0.507 e. The summed E-state index contributed by atoms with van der Waals surface area (Å²) in [4.78, 5) is 11.6. The number of carbonyl (C=O) groups is 1. The molecule has 2 N–H and O–H groups in total. The smallest absolute Gasteiger partial charge is 0.251 e. The second-order valence-electron chi connectivity index (χ2n) is 3.42. The average molecular weight is 335 g/mol. The van der Waals surface area contributed by atoms with Gasteiger partial charge >= 0.3 is 0 Å². The van der Waals surface area contributed by atoms with Gasteiger partial charge in [-0.2, -0.15) is 0 Å². The molecule has 0 aliphatic carbocycles. The summed E-state index contributed by atoms with van der Waals surface area (Å²) in [5.41, 5.74) is 0.446. The maximum atomic E-state index is 11.6. The Labute approximate surface area is 108 Å². The third kappa shape index (κ3) is 3.64. The van der Waals surface area contributed by atoms with Crippen molar-refractivity contribution in [3.63, 3.8) is 0 Å². The molecule has 0 saturated carbocycles. The summed E-state index contributed by atoms with van der Waals surface area (Å²) < 4.78 is 5.74. The predicted octanol–water partition coefficient (Wildman–Crippen LogP) is 1.76. The van der Waals surface area contributed by atoms with E-state index < -0.39 is 0 Å². The first-order valence-electron chi connectivity index (χ1n) is 4.84. The number of hydrogen-bond donors (Lipinski definition) is 2. The molecule has 0 radical (unpaired) electrons. The normalized spacial score (nSPS) is 12.2. The molecule has 1 unspecified atom stereocenters. The van der Waals surface area contributed by atoms with Gasteiger partial charge in [0.1, 0.15) is 5.75 Å². The Hall–Kier alpha value is -0.820. The highest BCUT2D eigenvalue weighted by atomic mass is 127. The van der Waals surface area contributed by atoms with Crippen LogP contribution in [0.25, 0.3) is 0 Å². The summed E-state index contributed by atoms with van der Waals surface area (Å²) >= 11 is 2.00. The standard InChI is InChI=1S/C11H14INO3/c1-7(16-2)6-13-11(15)8-3-4-9(12)10(14)5-8/h3-5,7,14H,6H2,1-2H3,(H,13,15). The molecule has 5 heteroatoms. The number of aromatic hydroxyl groups is 1. The summed E-state index contributed by atoms with van der Waals surface area (Å²) in [6.45, 7) is 2.31. The van der Waals surface area contributed by atoms with Crippen molar-refractivity contribution in [1.82, 2.24) is 5.32 Å². The highest BCUT2D eigenvalue weighted by Crippen LogP contribution is 2.20. The van der Waals surface area contributed by atoms with Crippen LogP contribution in [0, 0.1) is 3.57 Å². The van der Waals surface area contributed by atoms with Crippen LogP contribution in [0.4, 0.5) is 0 Å². The summed E-state index contributed by atoms with van der Waals surface area (Å²) in [6, 6.07) is 4.83. The van der Waals surface area contributed by atoms with Gasteiger partial charge in [-0.05, 0) is 47.7 Å². The number of ether oxygens (including phenoxy) is 1. The van der Waals surface area contributed by atoms with Gasteiger partial charge in [-0.1, -0.05) is 0 Å². The average Bonchev–Trinajstić information content (AvgIpc) is 2.29. The maximum absolute atomic E-state index is 11.6. The molecule has 0 aliphatic heterocycles. The van der Waals surface area contributed by atoms with Gasteiger partial charge in [0.25, 0.3) is 5.91 Å². The Morgan fingerprint density at radius 2 is 2.31 bits per heavy atom. The van der Waals surface area contributed by atoms with Gasteiger partial charge < -0.3 is 15.2 Å². The number of halogens is 1. The number of amides is 1.